The summed E-state index contributed by atoms with van der Waals surface area (Å²) in [6, 6.07) is 0. The molecule has 1 aliphatic heterocycles. The van der Waals surface area contributed by atoms with E-state index < -0.39 is 0 Å². The summed E-state index contributed by atoms with van der Waals surface area (Å²) in [4.78, 5) is 19.3. The number of nitrogens with two attached hydrogens (primary N) is 1. The van der Waals surface area contributed by atoms with E-state index in [1.54, 1.807) is 6.08 Å². The third-order valence-corrected chi connectivity index (χ3v) is 1.95. The summed E-state index contributed by atoms with van der Waals surface area (Å²) in [5.41, 5.74) is 6.09. The van der Waals surface area contributed by atoms with E-state index >= 15 is 0 Å². The van der Waals surface area contributed by atoms with Gasteiger partial charge in [-0.2, -0.15) is 4.99 Å². The second kappa shape index (κ2) is 3.06. The van der Waals surface area contributed by atoms with Crippen LogP contribution in [0.15, 0.2) is 34.3 Å². The van der Waals surface area contributed by atoms with Crippen LogP contribution in [0.3, 0.4) is 0 Å². The molecule has 1 unspecified atom stereocenters. The topological polar surface area (TPSA) is 67.8 Å². The van der Waals surface area contributed by atoms with E-state index in [0.717, 1.165) is 5.71 Å². The number of hydrogen-bond acceptors (Lipinski definition) is 3. The first-order chi connectivity index (χ1) is 6.31. The summed E-state index contributed by atoms with van der Waals surface area (Å²) in [6.45, 7) is 0.208. The standard InChI is InChI=1S/C9H9N3O/c10-5-8-11-7-4-2-1-3-6(7)9(13)12-8/h1-4,6H,5,10H2. The highest BCUT2D eigenvalue weighted by Gasteiger charge is 2.25. The zero-order valence-electron chi connectivity index (χ0n) is 6.97. The van der Waals surface area contributed by atoms with Crippen molar-refractivity contribution in [1.29, 1.82) is 0 Å². The Morgan fingerprint density at radius 3 is 3.00 bits per heavy atom. The molecule has 1 aliphatic carbocycles. The molecule has 4 nitrogen and oxygen atoms in total. The van der Waals surface area contributed by atoms with Crippen LogP contribution in [-0.4, -0.2) is 24.0 Å². The van der Waals surface area contributed by atoms with Crippen molar-refractivity contribution in [2.24, 2.45) is 21.6 Å². The molecule has 0 aromatic heterocycles. The molecular formula is C9H9N3O. The fourth-order valence-electron chi connectivity index (χ4n) is 1.31. The Kier molecular flexibility index (Phi) is 1.90. The minimum Gasteiger partial charge on any atom is -0.324 e. The summed E-state index contributed by atoms with van der Waals surface area (Å²) in [7, 11) is 0. The molecule has 2 rings (SSSR count). The fourth-order valence-corrected chi connectivity index (χ4v) is 1.31. The first kappa shape index (κ1) is 8.07. The van der Waals surface area contributed by atoms with Crippen LogP contribution >= 0.6 is 0 Å². The van der Waals surface area contributed by atoms with Gasteiger partial charge < -0.3 is 5.73 Å². The van der Waals surface area contributed by atoms with Gasteiger partial charge in [0.25, 0.3) is 5.91 Å². The predicted molar refractivity (Wildman–Crippen MR) is 50.7 cm³/mol. The Hall–Kier alpha value is -1.55. The lowest BCUT2D eigenvalue weighted by Crippen LogP contribution is -2.29. The Balaban J connectivity index is 2.39. The number of hydrogen-bond donors (Lipinski definition) is 1. The highest BCUT2D eigenvalue weighted by Crippen LogP contribution is 2.15. The molecule has 0 spiro atoms. The Morgan fingerprint density at radius 1 is 1.38 bits per heavy atom. The number of rotatable bonds is 1. The van der Waals surface area contributed by atoms with Crippen LogP contribution in [0.4, 0.5) is 0 Å². The van der Waals surface area contributed by atoms with Crippen molar-refractivity contribution >= 4 is 17.5 Å². The van der Waals surface area contributed by atoms with Crippen molar-refractivity contribution in [3.05, 3.63) is 24.3 Å². The molecule has 0 saturated heterocycles. The van der Waals surface area contributed by atoms with Crippen molar-refractivity contribution in [2.45, 2.75) is 0 Å². The van der Waals surface area contributed by atoms with Crippen molar-refractivity contribution in [2.75, 3.05) is 6.54 Å². The lowest BCUT2D eigenvalue weighted by molar-refractivity contribution is -0.118. The molecule has 0 radical (unpaired) electrons. The minimum absolute atomic E-state index is 0.175. The van der Waals surface area contributed by atoms with Crippen LogP contribution in [0, 0.1) is 5.92 Å². The lowest BCUT2D eigenvalue weighted by atomic mass is 9.97. The van der Waals surface area contributed by atoms with Gasteiger partial charge in [-0.25, -0.2) is 4.99 Å². The van der Waals surface area contributed by atoms with Gasteiger partial charge in [-0.3, -0.25) is 4.79 Å². The molecule has 1 heterocycles. The van der Waals surface area contributed by atoms with Crippen LogP contribution in [0.5, 0.6) is 0 Å². The van der Waals surface area contributed by atoms with Crippen molar-refractivity contribution in [1.82, 2.24) is 0 Å². The van der Waals surface area contributed by atoms with Crippen LogP contribution in [-0.2, 0) is 4.79 Å². The molecule has 2 aliphatic rings. The number of allylic oxidation sites excluding steroid dienone is 3. The molecule has 2 N–H and O–H groups in total. The summed E-state index contributed by atoms with van der Waals surface area (Å²) in [5.74, 6) is -0.0532. The predicted octanol–water partition coefficient (Wildman–Crippen LogP) is 0.0670. The Labute approximate surface area is 75.6 Å². The molecular weight excluding hydrogens is 166 g/mol. The maximum atomic E-state index is 11.4. The van der Waals surface area contributed by atoms with Crippen LogP contribution in [0.2, 0.25) is 0 Å². The third kappa shape index (κ3) is 1.36. The second-order valence-corrected chi connectivity index (χ2v) is 2.83. The van der Waals surface area contributed by atoms with Crippen LogP contribution in [0.1, 0.15) is 0 Å². The molecule has 66 valence electrons. The van der Waals surface area contributed by atoms with Crippen molar-refractivity contribution in [3.8, 4) is 0 Å². The number of nitrogens with zero attached hydrogens (tertiary/aromatic N) is 2. The van der Waals surface area contributed by atoms with Gasteiger partial charge in [0.15, 0.2) is 0 Å². The highest BCUT2D eigenvalue weighted by atomic mass is 16.1. The van der Waals surface area contributed by atoms with Gasteiger partial charge in [-0.05, 0) is 6.08 Å². The molecule has 13 heavy (non-hydrogen) atoms. The molecule has 1 amide bonds. The molecule has 0 saturated carbocycles. The SMILES string of the molecule is NCC1=NC(=O)C2C=CC=CC2=N1. The average Bonchev–Trinajstić information content (AvgIpc) is 2.18. The Bertz CT molecular complexity index is 363. The number of amidine groups is 1. The van der Waals surface area contributed by atoms with Crippen LogP contribution in [0.25, 0.3) is 0 Å². The molecule has 4 heteroatoms. The highest BCUT2D eigenvalue weighted by molar-refractivity contribution is 6.21. The third-order valence-electron chi connectivity index (χ3n) is 1.95. The molecule has 0 fully saturated rings. The molecule has 0 aromatic carbocycles. The first-order valence-electron chi connectivity index (χ1n) is 4.06. The zero-order chi connectivity index (χ0) is 9.26. The maximum absolute atomic E-state index is 11.4. The maximum Gasteiger partial charge on any atom is 0.260 e. The second-order valence-electron chi connectivity index (χ2n) is 2.83. The van der Waals surface area contributed by atoms with E-state index in [-0.39, 0.29) is 18.4 Å². The van der Waals surface area contributed by atoms with Gasteiger partial charge in [0.1, 0.15) is 11.8 Å². The van der Waals surface area contributed by atoms with E-state index in [4.69, 9.17) is 5.73 Å². The fraction of sp³-hybridized carbons (Fsp3) is 0.222. The normalized spacial score (nSPS) is 25.3. The van der Waals surface area contributed by atoms with E-state index in [1.165, 1.54) is 0 Å². The molecule has 1 atom stereocenters. The van der Waals surface area contributed by atoms with Crippen LogP contribution < -0.4 is 5.73 Å². The summed E-state index contributed by atoms with van der Waals surface area (Å²) < 4.78 is 0. The number of fused-ring (bicyclic) bond motifs is 1. The smallest absolute Gasteiger partial charge is 0.260 e. The van der Waals surface area contributed by atoms with E-state index in [0.29, 0.717) is 5.84 Å². The number of amides is 1. The average molecular weight is 175 g/mol. The van der Waals surface area contributed by atoms with Gasteiger partial charge in [-0.15, -0.1) is 0 Å². The number of carbonyl (C=O) groups is 1. The summed E-state index contributed by atoms with van der Waals surface area (Å²) >= 11 is 0. The van der Waals surface area contributed by atoms with E-state index in [9.17, 15) is 4.79 Å². The number of aliphatic imine (C=N–C) groups is 2. The van der Waals surface area contributed by atoms with Gasteiger partial charge in [0.2, 0.25) is 0 Å². The largest absolute Gasteiger partial charge is 0.324 e. The van der Waals surface area contributed by atoms with Gasteiger partial charge in [-0.1, -0.05) is 18.2 Å². The van der Waals surface area contributed by atoms with E-state index in [2.05, 4.69) is 9.98 Å². The lowest BCUT2D eigenvalue weighted by Gasteiger charge is -2.16. The van der Waals surface area contributed by atoms with Crippen molar-refractivity contribution in [3.63, 3.8) is 0 Å². The minimum atomic E-state index is -0.291. The first-order valence-corrected chi connectivity index (χ1v) is 4.06. The van der Waals surface area contributed by atoms with Gasteiger partial charge >= 0.3 is 0 Å². The summed E-state index contributed by atoms with van der Waals surface area (Å²) in [6.07, 6.45) is 7.28. The van der Waals surface area contributed by atoms with E-state index in [1.807, 2.05) is 18.2 Å². The monoisotopic (exact) mass is 175 g/mol. The number of carbonyl (C=O) groups excluding carboxylic acids is 1. The van der Waals surface area contributed by atoms with Crippen molar-refractivity contribution < 1.29 is 4.79 Å². The summed E-state index contributed by atoms with van der Waals surface area (Å²) in [5, 5.41) is 0. The Morgan fingerprint density at radius 2 is 2.23 bits per heavy atom. The quantitative estimate of drug-likeness (QED) is 0.612. The molecule has 0 bridgehead atoms. The molecule has 0 aromatic rings. The zero-order valence-corrected chi connectivity index (χ0v) is 6.97. The van der Waals surface area contributed by atoms with Gasteiger partial charge in [0.05, 0.1) is 12.3 Å². The van der Waals surface area contributed by atoms with Gasteiger partial charge in [0, 0.05) is 0 Å².